The van der Waals surface area contributed by atoms with Gasteiger partial charge < -0.3 is 14.2 Å². The van der Waals surface area contributed by atoms with Gasteiger partial charge in [-0.05, 0) is 128 Å². The highest BCUT2D eigenvalue weighted by atomic mass is 16.6. The lowest BCUT2D eigenvalue weighted by Gasteiger charge is -2.18. The summed E-state index contributed by atoms with van der Waals surface area (Å²) in [5.41, 5.74) is 0. The summed E-state index contributed by atoms with van der Waals surface area (Å²) in [6, 6.07) is 0. The van der Waals surface area contributed by atoms with Crippen molar-refractivity contribution in [2.75, 3.05) is 19.8 Å². The molecular weight excluding hydrogens is 837 g/mol. The lowest BCUT2D eigenvalue weighted by Crippen LogP contribution is -2.30. The minimum absolute atomic E-state index is 0.0338. The van der Waals surface area contributed by atoms with E-state index in [1.54, 1.807) is 0 Å². The van der Waals surface area contributed by atoms with Gasteiger partial charge in [-0.1, -0.05) is 218 Å². The molecule has 0 aliphatic carbocycles. The van der Waals surface area contributed by atoms with Gasteiger partial charge in [0.2, 0.25) is 0 Å². The van der Waals surface area contributed by atoms with Crippen LogP contribution in [0.2, 0.25) is 0 Å². The van der Waals surface area contributed by atoms with Gasteiger partial charge in [-0.15, -0.1) is 0 Å². The molecule has 382 valence electrons. The second-order valence-corrected chi connectivity index (χ2v) is 17.3. The number of esters is 2. The highest BCUT2D eigenvalue weighted by Crippen LogP contribution is 2.13. The van der Waals surface area contributed by atoms with Crippen molar-refractivity contribution in [3.63, 3.8) is 0 Å². The molecule has 0 N–H and O–H groups in total. The Bertz CT molecular complexity index is 1480. The lowest BCUT2D eigenvalue weighted by molar-refractivity contribution is -0.163. The Morgan fingerprint density at radius 3 is 1.03 bits per heavy atom. The van der Waals surface area contributed by atoms with Gasteiger partial charge in [0.1, 0.15) is 6.61 Å². The summed E-state index contributed by atoms with van der Waals surface area (Å²) in [5, 5.41) is 0. The van der Waals surface area contributed by atoms with Crippen LogP contribution in [-0.2, 0) is 23.8 Å². The third kappa shape index (κ3) is 54.4. The van der Waals surface area contributed by atoms with Crippen molar-refractivity contribution in [3.8, 4) is 0 Å². The monoisotopic (exact) mass is 937 g/mol. The maximum Gasteiger partial charge on any atom is 0.306 e. The predicted octanol–water partition coefficient (Wildman–Crippen LogP) is 18.9. The summed E-state index contributed by atoms with van der Waals surface area (Å²) >= 11 is 0. The van der Waals surface area contributed by atoms with E-state index in [0.717, 1.165) is 135 Å². The number of allylic oxidation sites excluding steroid dienone is 24. The maximum atomic E-state index is 12.8. The number of rotatable bonds is 48. The zero-order chi connectivity index (χ0) is 49.2. The molecule has 0 heterocycles. The summed E-state index contributed by atoms with van der Waals surface area (Å²) in [4.78, 5) is 25.5. The zero-order valence-corrected chi connectivity index (χ0v) is 43.8. The van der Waals surface area contributed by atoms with Crippen LogP contribution in [0, 0.1) is 0 Å². The molecule has 0 saturated heterocycles. The van der Waals surface area contributed by atoms with Crippen LogP contribution in [0.4, 0.5) is 0 Å². The molecule has 0 aliphatic rings. The normalized spacial score (nSPS) is 13.4. The minimum atomic E-state index is -0.587. The first kappa shape index (κ1) is 63.8. The van der Waals surface area contributed by atoms with E-state index in [1.165, 1.54) is 44.9 Å². The van der Waals surface area contributed by atoms with Crippen LogP contribution in [0.15, 0.2) is 146 Å². The van der Waals surface area contributed by atoms with E-state index in [-0.39, 0.29) is 25.2 Å². The van der Waals surface area contributed by atoms with Gasteiger partial charge in [0.05, 0.1) is 6.61 Å². The molecule has 5 heteroatoms. The first-order chi connectivity index (χ1) is 33.6. The Hall–Kier alpha value is -4.22. The Balaban J connectivity index is 4.46. The van der Waals surface area contributed by atoms with Crippen molar-refractivity contribution in [3.05, 3.63) is 146 Å². The summed E-state index contributed by atoms with van der Waals surface area (Å²) in [6.07, 6.45) is 82.9. The number of carbonyl (C=O) groups is 2. The van der Waals surface area contributed by atoms with Crippen molar-refractivity contribution < 1.29 is 23.8 Å². The molecule has 0 amide bonds. The second-order valence-electron chi connectivity index (χ2n) is 17.3. The fourth-order valence-corrected chi connectivity index (χ4v) is 6.90. The van der Waals surface area contributed by atoms with Crippen LogP contribution in [0.5, 0.6) is 0 Å². The van der Waals surface area contributed by atoms with Crippen molar-refractivity contribution >= 4 is 11.9 Å². The first-order valence-corrected chi connectivity index (χ1v) is 27.4. The minimum Gasteiger partial charge on any atom is -0.462 e. The number of hydrogen-bond acceptors (Lipinski definition) is 5. The number of carbonyl (C=O) groups excluding carboxylic acids is 2. The van der Waals surface area contributed by atoms with Crippen LogP contribution < -0.4 is 0 Å². The molecule has 0 fully saturated rings. The molecule has 68 heavy (non-hydrogen) atoms. The van der Waals surface area contributed by atoms with Crippen molar-refractivity contribution in [1.82, 2.24) is 0 Å². The van der Waals surface area contributed by atoms with E-state index in [0.29, 0.717) is 19.4 Å². The number of unbranched alkanes of at least 4 members (excludes halogenated alkanes) is 13. The van der Waals surface area contributed by atoms with Crippen molar-refractivity contribution in [2.45, 2.75) is 219 Å². The molecule has 0 aromatic carbocycles. The van der Waals surface area contributed by atoms with E-state index in [1.807, 2.05) is 0 Å². The van der Waals surface area contributed by atoms with Crippen LogP contribution in [0.3, 0.4) is 0 Å². The molecule has 1 unspecified atom stereocenters. The predicted molar refractivity (Wildman–Crippen MR) is 297 cm³/mol. The lowest BCUT2D eigenvalue weighted by atomic mass is 10.1. The average Bonchev–Trinajstić information content (AvgIpc) is 3.34. The molecule has 0 aliphatic heterocycles. The van der Waals surface area contributed by atoms with Crippen LogP contribution in [0.25, 0.3) is 0 Å². The summed E-state index contributed by atoms with van der Waals surface area (Å²) in [5.74, 6) is -0.497. The van der Waals surface area contributed by atoms with E-state index in [4.69, 9.17) is 14.2 Å². The van der Waals surface area contributed by atoms with Crippen LogP contribution >= 0.6 is 0 Å². The Kier molecular flexibility index (Phi) is 53.6. The largest absolute Gasteiger partial charge is 0.462 e. The molecule has 5 nitrogen and oxygen atoms in total. The highest BCUT2D eigenvalue weighted by Gasteiger charge is 2.17. The standard InChI is InChI=1S/C63H100O5/c1-4-7-10-13-16-19-22-25-28-31-34-37-40-43-46-49-52-55-58-66-59-61(68-63(65)57-54-51-48-45-42-39-36-33-30-27-24-21-18-15-12-9-6-3)60-67-62(64)56-53-50-47-44-41-38-35-32-29-26-23-20-17-14-11-8-5-2/h7-12,16-21,25-30,34-35,37-38,44,47,61H,4-6,13-15,22-24,31-33,36,39-43,45-46,48-60H2,1-3H3/b10-7-,11-8-,12-9-,19-16-,20-17-,21-18-,28-25-,29-26-,30-27-,37-34-,38-35-,47-44-. The first-order valence-electron chi connectivity index (χ1n) is 27.4. The molecule has 0 radical (unpaired) electrons. The fraction of sp³-hybridized carbons (Fsp3) is 0.587. The molecule has 0 bridgehead atoms. The Morgan fingerprint density at radius 1 is 0.324 bits per heavy atom. The number of ether oxygens (including phenoxy) is 3. The maximum absolute atomic E-state index is 12.8. The summed E-state index contributed by atoms with van der Waals surface area (Å²) in [6.45, 7) is 7.36. The Labute approximate surface area is 419 Å². The van der Waals surface area contributed by atoms with Crippen LogP contribution in [-0.4, -0.2) is 37.9 Å². The summed E-state index contributed by atoms with van der Waals surface area (Å²) < 4.78 is 17.4. The van der Waals surface area contributed by atoms with E-state index >= 15 is 0 Å². The van der Waals surface area contributed by atoms with Crippen molar-refractivity contribution in [1.29, 1.82) is 0 Å². The van der Waals surface area contributed by atoms with E-state index < -0.39 is 6.10 Å². The van der Waals surface area contributed by atoms with Gasteiger partial charge in [0.25, 0.3) is 0 Å². The molecule has 0 rings (SSSR count). The van der Waals surface area contributed by atoms with E-state index in [2.05, 4.69) is 167 Å². The van der Waals surface area contributed by atoms with Gasteiger partial charge in [-0.25, -0.2) is 0 Å². The fourth-order valence-electron chi connectivity index (χ4n) is 6.90. The third-order valence-corrected chi connectivity index (χ3v) is 10.9. The smallest absolute Gasteiger partial charge is 0.306 e. The summed E-state index contributed by atoms with van der Waals surface area (Å²) in [7, 11) is 0. The highest BCUT2D eigenvalue weighted by molar-refractivity contribution is 5.70. The molecule has 0 spiro atoms. The second kappa shape index (κ2) is 57.1. The quantitative estimate of drug-likeness (QED) is 0.0346. The van der Waals surface area contributed by atoms with Gasteiger partial charge >= 0.3 is 11.9 Å². The van der Waals surface area contributed by atoms with Gasteiger partial charge in [0, 0.05) is 19.4 Å². The average molecular weight is 937 g/mol. The van der Waals surface area contributed by atoms with Gasteiger partial charge in [-0.3, -0.25) is 9.59 Å². The van der Waals surface area contributed by atoms with Gasteiger partial charge in [0.15, 0.2) is 6.10 Å². The molecule has 1 atom stereocenters. The van der Waals surface area contributed by atoms with Gasteiger partial charge in [-0.2, -0.15) is 0 Å². The Morgan fingerprint density at radius 2 is 0.632 bits per heavy atom. The molecule has 0 aromatic heterocycles. The van der Waals surface area contributed by atoms with E-state index in [9.17, 15) is 9.59 Å². The molecule has 0 saturated carbocycles. The van der Waals surface area contributed by atoms with Crippen LogP contribution in [0.1, 0.15) is 213 Å². The SMILES string of the molecule is CC/C=C\C/C=C\C/C=C\C/C=C\C/C=C\CCCC(=O)OCC(COCCCCCCC/C=C\C/C=C\C/C=C\C/C=C\CC)OC(=O)CCCCCCCCC/C=C\C/C=C\C/C=C\CC. The number of hydrogen-bond donors (Lipinski definition) is 0. The molecule has 0 aromatic rings. The molecular formula is C63H100O5. The topological polar surface area (TPSA) is 61.8 Å². The zero-order valence-electron chi connectivity index (χ0n) is 43.8. The van der Waals surface area contributed by atoms with Crippen molar-refractivity contribution in [2.24, 2.45) is 0 Å². The third-order valence-electron chi connectivity index (χ3n) is 10.9.